The van der Waals surface area contributed by atoms with Crippen LogP contribution in [0.4, 0.5) is 0 Å². The van der Waals surface area contributed by atoms with Gasteiger partial charge < -0.3 is 14.2 Å². The highest BCUT2D eigenvalue weighted by atomic mass is 32.1. The van der Waals surface area contributed by atoms with Gasteiger partial charge in [0.05, 0.1) is 26.4 Å². The Morgan fingerprint density at radius 1 is 0.812 bits per heavy atom. The van der Waals surface area contributed by atoms with Crippen molar-refractivity contribution < 1.29 is 14.2 Å². The Hall–Kier alpha value is -0.710. The Labute approximate surface area is 102 Å². The summed E-state index contributed by atoms with van der Waals surface area (Å²) in [5.74, 6) is 1.62. The molecule has 0 aliphatic heterocycles. The van der Waals surface area contributed by atoms with Gasteiger partial charge >= 0.3 is 0 Å². The Balaban J connectivity index is 1.89. The van der Waals surface area contributed by atoms with Crippen LogP contribution in [-0.2, 0) is 9.47 Å². The third-order valence-corrected chi connectivity index (χ3v) is 2.03. The molecule has 0 spiro atoms. The molecular weight excluding hydrogens is 224 g/mol. The average molecular weight is 242 g/mol. The fourth-order valence-electron chi connectivity index (χ4n) is 1.12. The first-order valence-electron chi connectivity index (χ1n) is 5.37. The summed E-state index contributed by atoms with van der Waals surface area (Å²) in [7, 11) is 0. The van der Waals surface area contributed by atoms with Crippen LogP contribution in [0, 0.1) is 0 Å². The van der Waals surface area contributed by atoms with Crippen molar-refractivity contribution in [3.8, 4) is 5.75 Å². The van der Waals surface area contributed by atoms with Crippen LogP contribution in [0.3, 0.4) is 0 Å². The summed E-state index contributed by atoms with van der Waals surface area (Å²) in [5, 5.41) is 0. The minimum absolute atomic E-state index is 0.566. The first-order valence-corrected chi connectivity index (χ1v) is 6.01. The molecule has 0 saturated heterocycles. The van der Waals surface area contributed by atoms with Gasteiger partial charge in [-0.15, -0.1) is 0 Å². The number of hydrogen-bond acceptors (Lipinski definition) is 4. The molecule has 0 saturated carbocycles. The second kappa shape index (κ2) is 9.51. The molecule has 1 aromatic carbocycles. The number of rotatable bonds is 9. The van der Waals surface area contributed by atoms with Gasteiger partial charge in [-0.1, -0.05) is 18.2 Å². The van der Waals surface area contributed by atoms with Crippen LogP contribution in [-0.4, -0.2) is 38.8 Å². The third kappa shape index (κ3) is 6.71. The van der Waals surface area contributed by atoms with E-state index < -0.39 is 0 Å². The average Bonchev–Trinajstić information content (AvgIpc) is 2.34. The van der Waals surface area contributed by atoms with Gasteiger partial charge in [0.1, 0.15) is 12.4 Å². The molecule has 90 valence electrons. The van der Waals surface area contributed by atoms with Crippen molar-refractivity contribution in [3.05, 3.63) is 30.3 Å². The Kier molecular flexibility index (Phi) is 7.94. The van der Waals surface area contributed by atoms with Crippen molar-refractivity contribution in [3.63, 3.8) is 0 Å². The van der Waals surface area contributed by atoms with Crippen molar-refractivity contribution in [2.24, 2.45) is 0 Å². The smallest absolute Gasteiger partial charge is 0.119 e. The van der Waals surface area contributed by atoms with Crippen LogP contribution in [0.2, 0.25) is 0 Å². The number of thiol groups is 1. The van der Waals surface area contributed by atoms with Crippen LogP contribution in [0.25, 0.3) is 0 Å². The fourth-order valence-corrected chi connectivity index (χ4v) is 1.25. The van der Waals surface area contributed by atoms with Crippen molar-refractivity contribution in [1.29, 1.82) is 0 Å². The molecule has 0 heterocycles. The van der Waals surface area contributed by atoms with E-state index in [4.69, 9.17) is 14.2 Å². The summed E-state index contributed by atoms with van der Waals surface area (Å²) < 4.78 is 16.0. The van der Waals surface area contributed by atoms with Gasteiger partial charge in [0, 0.05) is 5.75 Å². The van der Waals surface area contributed by atoms with E-state index in [-0.39, 0.29) is 0 Å². The van der Waals surface area contributed by atoms with Crippen molar-refractivity contribution in [2.75, 3.05) is 38.8 Å². The minimum atomic E-state index is 0.566. The lowest BCUT2D eigenvalue weighted by atomic mass is 10.3. The van der Waals surface area contributed by atoms with E-state index in [2.05, 4.69) is 12.6 Å². The molecular formula is C12H18O3S. The summed E-state index contributed by atoms with van der Waals surface area (Å²) in [4.78, 5) is 0. The van der Waals surface area contributed by atoms with E-state index >= 15 is 0 Å². The lowest BCUT2D eigenvalue weighted by molar-refractivity contribution is 0.0413. The molecule has 0 amide bonds. The highest BCUT2D eigenvalue weighted by molar-refractivity contribution is 7.80. The van der Waals surface area contributed by atoms with Crippen molar-refractivity contribution in [2.45, 2.75) is 0 Å². The fraction of sp³-hybridized carbons (Fsp3) is 0.500. The van der Waals surface area contributed by atoms with Gasteiger partial charge in [0.25, 0.3) is 0 Å². The molecule has 0 aromatic heterocycles. The van der Waals surface area contributed by atoms with Gasteiger partial charge in [-0.25, -0.2) is 0 Å². The zero-order chi connectivity index (χ0) is 11.5. The predicted octanol–water partition coefficient (Wildman–Crippen LogP) is 2.03. The Morgan fingerprint density at radius 3 is 2.12 bits per heavy atom. The van der Waals surface area contributed by atoms with Crippen LogP contribution < -0.4 is 4.74 Å². The van der Waals surface area contributed by atoms with E-state index in [0.717, 1.165) is 11.5 Å². The summed E-state index contributed by atoms with van der Waals surface area (Å²) in [6, 6.07) is 9.71. The van der Waals surface area contributed by atoms with Crippen LogP contribution >= 0.6 is 12.6 Å². The van der Waals surface area contributed by atoms with Gasteiger partial charge in [-0.2, -0.15) is 12.6 Å². The van der Waals surface area contributed by atoms with E-state index in [1.807, 2.05) is 30.3 Å². The summed E-state index contributed by atoms with van der Waals surface area (Å²) in [5.41, 5.74) is 0. The molecule has 0 aliphatic carbocycles. The maximum absolute atomic E-state index is 5.46. The van der Waals surface area contributed by atoms with Crippen molar-refractivity contribution in [1.82, 2.24) is 0 Å². The van der Waals surface area contributed by atoms with Crippen LogP contribution in [0.5, 0.6) is 5.75 Å². The molecule has 16 heavy (non-hydrogen) atoms. The largest absolute Gasteiger partial charge is 0.491 e. The maximum atomic E-state index is 5.46. The number of para-hydroxylation sites is 1. The zero-order valence-corrected chi connectivity index (χ0v) is 10.2. The molecule has 0 fully saturated rings. The Bertz CT molecular complexity index is 254. The van der Waals surface area contributed by atoms with Gasteiger partial charge in [0.15, 0.2) is 0 Å². The van der Waals surface area contributed by atoms with E-state index in [9.17, 15) is 0 Å². The highest BCUT2D eigenvalue weighted by Crippen LogP contribution is 2.07. The zero-order valence-electron chi connectivity index (χ0n) is 9.30. The second-order valence-electron chi connectivity index (χ2n) is 3.11. The highest BCUT2D eigenvalue weighted by Gasteiger charge is 1.92. The van der Waals surface area contributed by atoms with E-state index in [1.165, 1.54) is 0 Å². The lowest BCUT2D eigenvalue weighted by Gasteiger charge is -2.07. The molecule has 0 radical (unpaired) electrons. The molecule has 4 heteroatoms. The quantitative estimate of drug-likeness (QED) is 0.530. The maximum Gasteiger partial charge on any atom is 0.119 e. The Morgan fingerprint density at radius 2 is 1.44 bits per heavy atom. The van der Waals surface area contributed by atoms with Gasteiger partial charge in [-0.05, 0) is 12.1 Å². The summed E-state index contributed by atoms with van der Waals surface area (Å²) in [6.07, 6.45) is 0. The first-order chi connectivity index (χ1) is 7.93. The summed E-state index contributed by atoms with van der Waals surface area (Å²) in [6.45, 7) is 3.04. The lowest BCUT2D eigenvalue weighted by Crippen LogP contribution is -2.11. The number of benzene rings is 1. The normalized spacial score (nSPS) is 10.3. The van der Waals surface area contributed by atoms with Gasteiger partial charge in [-0.3, -0.25) is 0 Å². The molecule has 0 unspecified atom stereocenters. The molecule has 0 bridgehead atoms. The molecule has 0 aliphatic rings. The molecule has 1 aromatic rings. The monoisotopic (exact) mass is 242 g/mol. The third-order valence-electron chi connectivity index (χ3n) is 1.85. The molecule has 3 nitrogen and oxygen atoms in total. The second-order valence-corrected chi connectivity index (χ2v) is 3.56. The van der Waals surface area contributed by atoms with Gasteiger partial charge in [0.2, 0.25) is 0 Å². The molecule has 0 N–H and O–H groups in total. The van der Waals surface area contributed by atoms with E-state index in [0.29, 0.717) is 33.0 Å². The van der Waals surface area contributed by atoms with E-state index in [1.54, 1.807) is 0 Å². The predicted molar refractivity (Wildman–Crippen MR) is 67.4 cm³/mol. The molecule has 1 rings (SSSR count). The minimum Gasteiger partial charge on any atom is -0.491 e. The molecule has 0 atom stereocenters. The van der Waals surface area contributed by atoms with Crippen LogP contribution in [0.1, 0.15) is 0 Å². The van der Waals surface area contributed by atoms with Crippen molar-refractivity contribution >= 4 is 12.6 Å². The first kappa shape index (κ1) is 13.4. The number of ether oxygens (including phenoxy) is 3. The topological polar surface area (TPSA) is 27.7 Å². The SMILES string of the molecule is SCCOCCOCCOc1ccccc1. The standard InChI is InChI=1S/C12H18O3S/c16-11-10-14-7-6-13-8-9-15-12-4-2-1-3-5-12/h1-5,16H,6-11H2. The van der Waals surface area contributed by atoms with Crippen LogP contribution in [0.15, 0.2) is 30.3 Å². The number of hydrogen-bond donors (Lipinski definition) is 1. The summed E-state index contributed by atoms with van der Waals surface area (Å²) >= 11 is 4.03.